The molecular weight excluding hydrogens is 216 g/mol. The fraction of sp³-hybridized carbons (Fsp3) is 0.571. The van der Waals surface area contributed by atoms with Gasteiger partial charge in [0.2, 0.25) is 0 Å². The summed E-state index contributed by atoms with van der Waals surface area (Å²) >= 11 is 0. The van der Waals surface area contributed by atoms with Crippen LogP contribution in [0.25, 0.3) is 0 Å². The fourth-order valence-corrected chi connectivity index (χ4v) is 1.43. The highest BCUT2D eigenvalue weighted by atomic mass is 16.5. The van der Waals surface area contributed by atoms with Crippen LogP contribution in [0.4, 0.5) is 0 Å². The van der Waals surface area contributed by atoms with Gasteiger partial charge >= 0.3 is 0 Å². The Balaban J connectivity index is 1.85. The lowest BCUT2D eigenvalue weighted by molar-refractivity contribution is 0.0665. The van der Waals surface area contributed by atoms with Gasteiger partial charge in [-0.1, -0.05) is 30.3 Å². The number of ether oxygens (including phenoxy) is 3. The lowest BCUT2D eigenvalue weighted by Crippen LogP contribution is -2.03. The van der Waals surface area contributed by atoms with Crippen molar-refractivity contribution in [3.63, 3.8) is 0 Å². The van der Waals surface area contributed by atoms with E-state index in [0.29, 0.717) is 6.61 Å². The van der Waals surface area contributed by atoms with Gasteiger partial charge in [0.15, 0.2) is 0 Å². The second-order valence-electron chi connectivity index (χ2n) is 3.85. The van der Waals surface area contributed by atoms with E-state index in [1.807, 2.05) is 18.2 Å². The molecule has 1 aromatic carbocycles. The van der Waals surface area contributed by atoms with Crippen LogP contribution in [0, 0.1) is 0 Å². The second-order valence-corrected chi connectivity index (χ2v) is 3.85. The van der Waals surface area contributed by atoms with E-state index in [1.165, 1.54) is 5.56 Å². The summed E-state index contributed by atoms with van der Waals surface area (Å²) in [4.78, 5) is 0. The smallest absolute Gasteiger partial charge is 0.0716 e. The predicted octanol–water partition coefficient (Wildman–Crippen LogP) is 2.65. The van der Waals surface area contributed by atoms with Crippen molar-refractivity contribution >= 4 is 0 Å². The summed E-state index contributed by atoms with van der Waals surface area (Å²) in [5.74, 6) is 0. The van der Waals surface area contributed by atoms with Crippen molar-refractivity contribution in [3.8, 4) is 0 Å². The molecule has 17 heavy (non-hydrogen) atoms. The molecule has 0 aliphatic heterocycles. The van der Waals surface area contributed by atoms with Crippen molar-refractivity contribution in [3.05, 3.63) is 35.9 Å². The van der Waals surface area contributed by atoms with E-state index in [9.17, 15) is 0 Å². The minimum atomic E-state index is 0.685. The number of benzene rings is 1. The van der Waals surface area contributed by atoms with Gasteiger partial charge in [0.05, 0.1) is 6.61 Å². The molecular formula is C14H22O3. The van der Waals surface area contributed by atoms with Crippen LogP contribution in [0.3, 0.4) is 0 Å². The number of hydrogen-bond acceptors (Lipinski definition) is 3. The molecule has 0 atom stereocenters. The van der Waals surface area contributed by atoms with E-state index in [4.69, 9.17) is 14.2 Å². The molecule has 0 fully saturated rings. The quantitative estimate of drug-likeness (QED) is 0.586. The van der Waals surface area contributed by atoms with Crippen LogP contribution in [-0.2, 0) is 20.8 Å². The van der Waals surface area contributed by atoms with Gasteiger partial charge in [-0.15, -0.1) is 0 Å². The van der Waals surface area contributed by atoms with Crippen LogP contribution in [0.1, 0.15) is 18.4 Å². The second kappa shape index (κ2) is 10.3. The van der Waals surface area contributed by atoms with Crippen LogP contribution in [0.15, 0.2) is 30.3 Å². The van der Waals surface area contributed by atoms with Crippen molar-refractivity contribution in [1.82, 2.24) is 0 Å². The lowest BCUT2D eigenvalue weighted by Gasteiger charge is -2.05. The largest absolute Gasteiger partial charge is 0.385 e. The average Bonchev–Trinajstić information content (AvgIpc) is 2.38. The van der Waals surface area contributed by atoms with E-state index in [-0.39, 0.29) is 0 Å². The highest BCUT2D eigenvalue weighted by Gasteiger charge is 1.93. The first kappa shape index (κ1) is 14.2. The summed E-state index contributed by atoms with van der Waals surface area (Å²) in [6.45, 7) is 3.74. The molecule has 0 spiro atoms. The molecule has 0 aromatic heterocycles. The van der Waals surface area contributed by atoms with Gasteiger partial charge in [0.1, 0.15) is 0 Å². The number of hydrogen-bond donors (Lipinski definition) is 0. The molecule has 0 N–H and O–H groups in total. The van der Waals surface area contributed by atoms with Crippen LogP contribution < -0.4 is 0 Å². The van der Waals surface area contributed by atoms with Gasteiger partial charge in [0, 0.05) is 33.5 Å². The molecule has 0 amide bonds. The molecule has 3 nitrogen and oxygen atoms in total. The summed E-state index contributed by atoms with van der Waals surface area (Å²) in [6.07, 6.45) is 1.90. The van der Waals surface area contributed by atoms with Gasteiger partial charge in [-0.05, 0) is 18.4 Å². The van der Waals surface area contributed by atoms with Crippen molar-refractivity contribution in [2.75, 3.05) is 33.5 Å². The standard InChI is InChI=1S/C14H22O3/c1-15-9-5-10-16-11-6-12-17-13-14-7-3-2-4-8-14/h2-4,7-8H,5-6,9-13H2,1H3. The van der Waals surface area contributed by atoms with Gasteiger partial charge in [0.25, 0.3) is 0 Å². The van der Waals surface area contributed by atoms with Crippen LogP contribution >= 0.6 is 0 Å². The topological polar surface area (TPSA) is 27.7 Å². The van der Waals surface area contributed by atoms with Gasteiger partial charge in [-0.2, -0.15) is 0 Å². The first-order valence-electron chi connectivity index (χ1n) is 6.12. The van der Waals surface area contributed by atoms with E-state index in [0.717, 1.165) is 39.3 Å². The van der Waals surface area contributed by atoms with E-state index in [2.05, 4.69) is 12.1 Å². The van der Waals surface area contributed by atoms with Gasteiger partial charge in [-0.3, -0.25) is 0 Å². The van der Waals surface area contributed by atoms with E-state index < -0.39 is 0 Å². The molecule has 0 aliphatic carbocycles. The van der Waals surface area contributed by atoms with E-state index in [1.54, 1.807) is 7.11 Å². The number of methoxy groups -OCH3 is 1. The van der Waals surface area contributed by atoms with Gasteiger partial charge < -0.3 is 14.2 Å². The molecule has 0 heterocycles. The molecule has 1 aromatic rings. The third-order valence-corrected chi connectivity index (χ3v) is 2.33. The van der Waals surface area contributed by atoms with E-state index >= 15 is 0 Å². The van der Waals surface area contributed by atoms with Crippen molar-refractivity contribution in [2.45, 2.75) is 19.4 Å². The molecule has 0 bridgehead atoms. The zero-order valence-corrected chi connectivity index (χ0v) is 10.6. The maximum Gasteiger partial charge on any atom is 0.0716 e. The third kappa shape index (κ3) is 7.91. The Morgan fingerprint density at radius 2 is 1.47 bits per heavy atom. The summed E-state index contributed by atoms with van der Waals surface area (Å²) in [5.41, 5.74) is 1.22. The zero-order chi connectivity index (χ0) is 12.2. The Bertz CT molecular complexity index is 261. The molecule has 96 valence electrons. The summed E-state index contributed by atoms with van der Waals surface area (Å²) < 4.78 is 15.9. The fourth-order valence-electron chi connectivity index (χ4n) is 1.43. The minimum absolute atomic E-state index is 0.685. The molecule has 0 saturated heterocycles. The van der Waals surface area contributed by atoms with Crippen molar-refractivity contribution in [1.29, 1.82) is 0 Å². The van der Waals surface area contributed by atoms with Gasteiger partial charge in [-0.25, -0.2) is 0 Å². The minimum Gasteiger partial charge on any atom is -0.385 e. The molecule has 0 saturated carbocycles. The molecule has 1 rings (SSSR count). The Labute approximate surface area is 104 Å². The maximum atomic E-state index is 5.54. The summed E-state index contributed by atoms with van der Waals surface area (Å²) in [7, 11) is 1.71. The Hall–Kier alpha value is -0.900. The normalized spacial score (nSPS) is 10.6. The van der Waals surface area contributed by atoms with Crippen molar-refractivity contribution in [2.24, 2.45) is 0 Å². The third-order valence-electron chi connectivity index (χ3n) is 2.33. The first-order chi connectivity index (χ1) is 8.43. The zero-order valence-electron chi connectivity index (χ0n) is 10.6. The highest BCUT2D eigenvalue weighted by molar-refractivity contribution is 5.13. The Kier molecular flexibility index (Phi) is 8.55. The van der Waals surface area contributed by atoms with Crippen LogP contribution in [0.5, 0.6) is 0 Å². The summed E-state index contributed by atoms with van der Waals surface area (Å²) in [5, 5.41) is 0. The monoisotopic (exact) mass is 238 g/mol. The average molecular weight is 238 g/mol. The molecule has 3 heteroatoms. The first-order valence-corrected chi connectivity index (χ1v) is 6.12. The molecule has 0 aliphatic rings. The van der Waals surface area contributed by atoms with Crippen LogP contribution in [-0.4, -0.2) is 33.5 Å². The SMILES string of the molecule is COCCCOCCCOCc1ccccc1. The lowest BCUT2D eigenvalue weighted by atomic mass is 10.2. The molecule has 0 radical (unpaired) electrons. The Morgan fingerprint density at radius 3 is 2.18 bits per heavy atom. The Morgan fingerprint density at radius 1 is 0.824 bits per heavy atom. The van der Waals surface area contributed by atoms with Crippen molar-refractivity contribution < 1.29 is 14.2 Å². The maximum absolute atomic E-state index is 5.54. The number of rotatable bonds is 10. The highest BCUT2D eigenvalue weighted by Crippen LogP contribution is 2.00. The predicted molar refractivity (Wildman–Crippen MR) is 68.0 cm³/mol. The summed E-state index contributed by atoms with van der Waals surface area (Å²) in [6, 6.07) is 10.2. The molecule has 0 unspecified atom stereocenters. The van der Waals surface area contributed by atoms with Crippen LogP contribution in [0.2, 0.25) is 0 Å².